The van der Waals surface area contributed by atoms with Crippen molar-refractivity contribution in [2.75, 3.05) is 30.2 Å². The van der Waals surface area contributed by atoms with Crippen LogP contribution in [0.2, 0.25) is 0 Å². The summed E-state index contributed by atoms with van der Waals surface area (Å²) in [6, 6.07) is 6.31. The van der Waals surface area contributed by atoms with Crippen molar-refractivity contribution >= 4 is 49.9 Å². The van der Waals surface area contributed by atoms with E-state index in [-0.39, 0.29) is 17.4 Å². The highest BCUT2D eigenvalue weighted by Crippen LogP contribution is 2.33. The smallest absolute Gasteiger partial charge is 0.301 e. The second kappa shape index (κ2) is 9.06. The van der Waals surface area contributed by atoms with E-state index in [1.807, 2.05) is 29.6 Å². The lowest BCUT2D eigenvalue weighted by molar-refractivity contribution is 0.300. The number of hydrogen-bond donors (Lipinski definition) is 3. The van der Waals surface area contributed by atoms with Crippen molar-refractivity contribution in [2.45, 2.75) is 18.9 Å². The molecule has 0 aliphatic carbocycles. The number of hydrogen-bond acceptors (Lipinski definition) is 4. The Morgan fingerprint density at radius 1 is 1.03 bits per heavy atom. The van der Waals surface area contributed by atoms with Crippen molar-refractivity contribution in [1.29, 1.82) is 0 Å². The van der Waals surface area contributed by atoms with Gasteiger partial charge in [0.25, 0.3) is 0 Å². The fourth-order valence-corrected chi connectivity index (χ4v) is 4.79. The van der Waals surface area contributed by atoms with Gasteiger partial charge in [0.1, 0.15) is 11.5 Å². The molecule has 29 heavy (non-hydrogen) atoms. The molecule has 0 bridgehead atoms. The molecule has 3 N–H and O–H groups in total. The van der Waals surface area contributed by atoms with E-state index in [9.17, 15) is 21.6 Å². The van der Waals surface area contributed by atoms with E-state index in [1.165, 1.54) is 16.4 Å². The van der Waals surface area contributed by atoms with E-state index < -0.39 is 33.3 Å². The predicted octanol–water partition coefficient (Wildman–Crippen LogP) is 3.79. The van der Waals surface area contributed by atoms with Crippen LogP contribution in [0.15, 0.2) is 30.3 Å². The topological polar surface area (TPSA) is 73.5 Å². The first-order valence-electron chi connectivity index (χ1n) is 8.86. The minimum absolute atomic E-state index is 0.106. The van der Waals surface area contributed by atoms with E-state index in [1.54, 1.807) is 6.07 Å². The summed E-state index contributed by atoms with van der Waals surface area (Å²) in [6.07, 6.45) is 1.27. The molecule has 1 aliphatic rings. The van der Waals surface area contributed by atoms with Gasteiger partial charge in [-0.15, -0.1) is 0 Å². The molecule has 3 rings (SSSR count). The van der Waals surface area contributed by atoms with Gasteiger partial charge in [0.15, 0.2) is 11.6 Å². The number of piperidine rings is 1. The molecule has 1 fully saturated rings. The maximum Gasteiger partial charge on any atom is 0.301 e. The average Bonchev–Trinajstić information content (AvgIpc) is 2.69. The third-order valence-electron chi connectivity index (χ3n) is 4.73. The Morgan fingerprint density at radius 2 is 1.69 bits per heavy atom. The van der Waals surface area contributed by atoms with Crippen LogP contribution < -0.4 is 15.4 Å². The quantitative estimate of drug-likeness (QED) is 0.488. The van der Waals surface area contributed by atoms with Crippen molar-refractivity contribution in [1.82, 2.24) is 9.62 Å². The second-order valence-corrected chi connectivity index (χ2v) is 9.52. The fourth-order valence-electron chi connectivity index (χ4n) is 3.07. The van der Waals surface area contributed by atoms with Crippen LogP contribution in [-0.2, 0) is 10.2 Å². The molecule has 1 heterocycles. The predicted molar refractivity (Wildman–Crippen MR) is 115 cm³/mol. The molecule has 2 aromatic rings. The van der Waals surface area contributed by atoms with Gasteiger partial charge in [-0.1, -0.05) is 0 Å². The van der Waals surface area contributed by atoms with Crippen LogP contribution in [-0.4, -0.2) is 38.9 Å². The second-order valence-electron chi connectivity index (χ2n) is 6.60. The Bertz CT molecular complexity index is 999. The lowest BCUT2D eigenvalue weighted by atomic mass is 10.1. The highest BCUT2D eigenvalue weighted by molar-refractivity contribution is 14.1. The molecule has 11 heteroatoms. The first-order valence-corrected chi connectivity index (χ1v) is 11.4. The van der Waals surface area contributed by atoms with Gasteiger partial charge >= 0.3 is 10.2 Å². The lowest BCUT2D eigenvalue weighted by Crippen LogP contribution is -2.45. The molecule has 158 valence electrons. The van der Waals surface area contributed by atoms with Crippen LogP contribution in [0.3, 0.4) is 0 Å². The van der Waals surface area contributed by atoms with Crippen LogP contribution in [0, 0.1) is 21.0 Å². The largest absolute Gasteiger partial charge is 0.349 e. The van der Waals surface area contributed by atoms with Crippen LogP contribution in [0.25, 0.3) is 0 Å². The Morgan fingerprint density at radius 3 is 2.31 bits per heavy atom. The summed E-state index contributed by atoms with van der Waals surface area (Å²) in [7, 11) is -2.18. The maximum absolute atomic E-state index is 14.5. The molecule has 6 nitrogen and oxygen atoms in total. The zero-order chi connectivity index (χ0) is 21.2. The van der Waals surface area contributed by atoms with Gasteiger partial charge in [0, 0.05) is 22.7 Å². The van der Waals surface area contributed by atoms with Gasteiger partial charge < -0.3 is 10.6 Å². The minimum Gasteiger partial charge on any atom is -0.349 e. The molecular formula is C18H20F3IN4O2S. The van der Waals surface area contributed by atoms with E-state index in [2.05, 4.69) is 15.4 Å². The standard InChI is InChI=1S/C18H20F3IN4O2S/c1-23-12-6-8-26(9-7-12)29(27,28)25-16-5-3-13(19)17(21)18(16)24-15-4-2-11(22)10-14(15)20/h2-5,10,12,23-25H,6-9H2,1H3. The van der Waals surface area contributed by atoms with Gasteiger partial charge in [0.05, 0.1) is 11.4 Å². The van der Waals surface area contributed by atoms with Crippen molar-refractivity contribution in [2.24, 2.45) is 0 Å². The number of benzene rings is 2. The lowest BCUT2D eigenvalue weighted by Gasteiger charge is -2.31. The number of nitrogens with one attached hydrogen (secondary N) is 3. The van der Waals surface area contributed by atoms with Crippen LogP contribution in [0.4, 0.5) is 30.2 Å². The summed E-state index contributed by atoms with van der Waals surface area (Å²) < 4.78 is 72.0. The zero-order valence-corrected chi connectivity index (χ0v) is 18.5. The SMILES string of the molecule is CNC1CCN(S(=O)(=O)Nc2ccc(F)c(F)c2Nc2ccc(I)cc2F)CC1. The first kappa shape index (κ1) is 22.1. The normalized spacial score (nSPS) is 16.0. The van der Waals surface area contributed by atoms with Gasteiger partial charge in [0.2, 0.25) is 0 Å². The molecular weight excluding hydrogens is 520 g/mol. The Kier molecular flexibility index (Phi) is 6.91. The van der Waals surface area contributed by atoms with Gasteiger partial charge in [-0.05, 0) is 72.8 Å². The van der Waals surface area contributed by atoms with E-state index >= 15 is 0 Å². The monoisotopic (exact) mass is 540 g/mol. The molecule has 1 aliphatic heterocycles. The summed E-state index contributed by atoms with van der Waals surface area (Å²) in [4.78, 5) is 0. The summed E-state index contributed by atoms with van der Waals surface area (Å²) in [5.41, 5.74) is -0.804. The number of nitrogens with zero attached hydrogens (tertiary/aromatic N) is 1. The van der Waals surface area contributed by atoms with Crippen LogP contribution in [0.1, 0.15) is 12.8 Å². The van der Waals surface area contributed by atoms with Gasteiger partial charge in [-0.3, -0.25) is 4.72 Å². The minimum atomic E-state index is -4.00. The molecule has 2 aromatic carbocycles. The molecule has 0 spiro atoms. The maximum atomic E-state index is 14.5. The van der Waals surface area contributed by atoms with Gasteiger partial charge in [-0.2, -0.15) is 12.7 Å². The molecule has 0 atom stereocenters. The highest BCUT2D eigenvalue weighted by Gasteiger charge is 2.29. The molecule has 0 saturated carbocycles. The third-order valence-corrected chi connectivity index (χ3v) is 6.92. The summed E-state index contributed by atoms with van der Waals surface area (Å²) >= 11 is 1.91. The molecule has 1 saturated heterocycles. The van der Waals surface area contributed by atoms with Gasteiger partial charge in [-0.25, -0.2) is 13.2 Å². The Hall–Kier alpha value is -1.57. The number of anilines is 3. The first-order chi connectivity index (χ1) is 13.7. The number of halogens is 4. The Labute approximate surface area is 181 Å². The summed E-state index contributed by atoms with van der Waals surface area (Å²) in [6.45, 7) is 0.581. The highest BCUT2D eigenvalue weighted by atomic mass is 127. The molecule has 0 unspecified atom stereocenters. The van der Waals surface area contributed by atoms with Crippen molar-refractivity contribution in [3.05, 3.63) is 51.4 Å². The number of rotatable bonds is 6. The van der Waals surface area contributed by atoms with Crippen molar-refractivity contribution < 1.29 is 21.6 Å². The van der Waals surface area contributed by atoms with E-state index in [0.717, 1.165) is 12.1 Å². The molecule has 0 amide bonds. The Balaban J connectivity index is 1.88. The van der Waals surface area contributed by atoms with Crippen molar-refractivity contribution in [3.63, 3.8) is 0 Å². The molecule has 0 aromatic heterocycles. The van der Waals surface area contributed by atoms with Crippen LogP contribution in [0.5, 0.6) is 0 Å². The van der Waals surface area contributed by atoms with Crippen LogP contribution >= 0.6 is 22.6 Å². The average molecular weight is 540 g/mol. The summed E-state index contributed by atoms with van der Waals surface area (Å²) in [5, 5.41) is 5.58. The fraction of sp³-hybridized carbons (Fsp3) is 0.333. The van der Waals surface area contributed by atoms with E-state index in [0.29, 0.717) is 29.5 Å². The summed E-state index contributed by atoms with van der Waals surface area (Å²) in [5.74, 6) is -3.17. The zero-order valence-electron chi connectivity index (χ0n) is 15.5. The van der Waals surface area contributed by atoms with Crippen molar-refractivity contribution in [3.8, 4) is 0 Å². The molecule has 0 radical (unpaired) electrons. The third kappa shape index (κ3) is 5.13. The van der Waals surface area contributed by atoms with E-state index in [4.69, 9.17) is 0 Å².